The Morgan fingerprint density at radius 1 is 0.429 bits per heavy atom. The van der Waals surface area contributed by atoms with Crippen LogP contribution in [0.2, 0.25) is 0 Å². The third kappa shape index (κ3) is 24.8. The Kier molecular flexibility index (Phi) is 24.7. The summed E-state index contributed by atoms with van der Waals surface area (Å²) in [5.41, 5.74) is 0. The van der Waals surface area contributed by atoms with Crippen LogP contribution >= 0.6 is 0 Å². The maximum absolute atomic E-state index is 5.36. The van der Waals surface area contributed by atoms with Crippen molar-refractivity contribution >= 4 is 0 Å². The molecule has 28 heavy (non-hydrogen) atoms. The van der Waals surface area contributed by atoms with Crippen LogP contribution in [-0.2, 0) is 33.2 Å². The first-order valence-corrected chi connectivity index (χ1v) is 9.64. The molecule has 1 rings (SSSR count). The van der Waals surface area contributed by atoms with Crippen LogP contribution in [0.3, 0.4) is 0 Å². The van der Waals surface area contributed by atoms with Crippen molar-refractivity contribution in [3.8, 4) is 24.7 Å². The summed E-state index contributed by atoms with van der Waals surface area (Å²) in [6.45, 7) is 9.35. The summed E-state index contributed by atoms with van der Waals surface area (Å²) in [7, 11) is 0. The first-order valence-electron chi connectivity index (χ1n) is 9.64. The Labute approximate surface area is 169 Å². The molecule has 0 unspecified atom stereocenters. The number of quaternary nitrogens is 1. The maximum Gasteiger partial charge on any atom is 0.138 e. The normalized spacial score (nSPS) is 19.6. The van der Waals surface area contributed by atoms with Crippen LogP contribution in [-0.4, -0.2) is 106 Å². The summed E-state index contributed by atoms with van der Waals surface area (Å²) in [4.78, 5) is 0. The van der Waals surface area contributed by atoms with Gasteiger partial charge in [0.15, 0.2) is 0 Å². The molecule has 0 radical (unpaired) electrons. The van der Waals surface area contributed by atoms with E-state index in [9.17, 15) is 0 Å². The molecule has 162 valence electrons. The van der Waals surface area contributed by atoms with Gasteiger partial charge in [-0.1, -0.05) is 0 Å². The van der Waals surface area contributed by atoms with Crippen molar-refractivity contribution in [2.45, 2.75) is 0 Å². The SMILES string of the molecule is C#CC[NH2+]CC#C.C1COCCOCCOCCOCCOCCOCCO1. The Morgan fingerprint density at radius 3 is 0.750 bits per heavy atom. The first-order chi connectivity index (χ1) is 13.9. The fourth-order valence-electron chi connectivity index (χ4n) is 1.78. The molecule has 1 saturated heterocycles. The van der Waals surface area contributed by atoms with Gasteiger partial charge in [0, 0.05) is 0 Å². The minimum atomic E-state index is 0.570. The summed E-state index contributed by atoms with van der Waals surface area (Å²) in [5.74, 6) is 4.90. The zero-order valence-corrected chi connectivity index (χ0v) is 16.9. The zero-order chi connectivity index (χ0) is 20.4. The quantitative estimate of drug-likeness (QED) is 0.465. The van der Waals surface area contributed by atoms with Crippen molar-refractivity contribution in [1.29, 1.82) is 0 Å². The van der Waals surface area contributed by atoms with Gasteiger partial charge in [-0.15, -0.1) is 12.8 Å². The molecule has 0 spiro atoms. The number of rotatable bonds is 2. The predicted molar refractivity (Wildman–Crippen MR) is 105 cm³/mol. The molecule has 1 aliphatic heterocycles. The molecule has 0 atom stereocenters. The maximum atomic E-state index is 5.36. The molecule has 8 heteroatoms. The highest BCUT2D eigenvalue weighted by Crippen LogP contribution is 1.86. The highest BCUT2D eigenvalue weighted by molar-refractivity contribution is 4.84. The van der Waals surface area contributed by atoms with E-state index in [1.165, 1.54) is 0 Å². The predicted octanol–water partition coefficient (Wildman–Crippen LogP) is -1.07. The van der Waals surface area contributed by atoms with Gasteiger partial charge in [-0.3, -0.25) is 0 Å². The molecule has 0 bridgehead atoms. The smallest absolute Gasteiger partial charge is 0.138 e. The van der Waals surface area contributed by atoms with Crippen LogP contribution in [0.1, 0.15) is 0 Å². The molecular formula is C20H36NO7+. The van der Waals surface area contributed by atoms with E-state index in [4.69, 9.17) is 46.0 Å². The highest BCUT2D eigenvalue weighted by Gasteiger charge is 1.95. The Hall–Kier alpha value is -1.20. The van der Waals surface area contributed by atoms with E-state index in [2.05, 4.69) is 11.8 Å². The molecule has 0 amide bonds. The molecule has 0 aromatic carbocycles. The van der Waals surface area contributed by atoms with E-state index in [1.807, 2.05) is 5.32 Å². The molecule has 0 saturated carbocycles. The van der Waals surface area contributed by atoms with E-state index in [0.29, 0.717) is 106 Å². The van der Waals surface area contributed by atoms with Crippen molar-refractivity contribution in [3.63, 3.8) is 0 Å². The average molecular weight is 403 g/mol. The van der Waals surface area contributed by atoms with Crippen molar-refractivity contribution < 1.29 is 38.5 Å². The lowest BCUT2D eigenvalue weighted by Gasteiger charge is -2.07. The third-order valence-corrected chi connectivity index (χ3v) is 3.13. The minimum Gasteiger partial charge on any atom is -0.377 e. The van der Waals surface area contributed by atoms with E-state index in [-0.39, 0.29) is 0 Å². The van der Waals surface area contributed by atoms with E-state index >= 15 is 0 Å². The van der Waals surface area contributed by atoms with Crippen LogP contribution < -0.4 is 5.32 Å². The second-order valence-corrected chi connectivity index (χ2v) is 5.39. The van der Waals surface area contributed by atoms with Gasteiger partial charge < -0.3 is 38.5 Å². The second kappa shape index (κ2) is 25.8. The zero-order valence-electron chi connectivity index (χ0n) is 16.9. The number of terminal acetylenes is 2. The van der Waals surface area contributed by atoms with Crippen molar-refractivity contribution in [2.24, 2.45) is 0 Å². The largest absolute Gasteiger partial charge is 0.377 e. The molecule has 0 aromatic rings. The Morgan fingerprint density at radius 2 is 0.607 bits per heavy atom. The van der Waals surface area contributed by atoms with Crippen LogP contribution in [0.25, 0.3) is 0 Å². The lowest BCUT2D eigenvalue weighted by atomic mass is 10.6. The third-order valence-electron chi connectivity index (χ3n) is 3.13. The van der Waals surface area contributed by atoms with Crippen LogP contribution in [0.15, 0.2) is 0 Å². The van der Waals surface area contributed by atoms with E-state index in [0.717, 1.165) is 0 Å². The van der Waals surface area contributed by atoms with Gasteiger partial charge in [-0.25, -0.2) is 0 Å². The van der Waals surface area contributed by atoms with Gasteiger partial charge in [0.2, 0.25) is 0 Å². The van der Waals surface area contributed by atoms with Gasteiger partial charge in [-0.05, 0) is 11.8 Å². The molecule has 8 nitrogen and oxygen atoms in total. The summed E-state index contributed by atoms with van der Waals surface area (Å²) < 4.78 is 37.5. The van der Waals surface area contributed by atoms with E-state index in [1.54, 1.807) is 0 Å². The molecule has 1 fully saturated rings. The van der Waals surface area contributed by atoms with Crippen molar-refractivity contribution in [2.75, 3.05) is 106 Å². The van der Waals surface area contributed by atoms with Gasteiger partial charge >= 0.3 is 0 Å². The molecule has 1 heterocycles. The van der Waals surface area contributed by atoms with E-state index < -0.39 is 0 Å². The molecule has 0 aliphatic carbocycles. The van der Waals surface area contributed by atoms with Gasteiger partial charge in [-0.2, -0.15) is 0 Å². The highest BCUT2D eigenvalue weighted by atomic mass is 16.6. The summed E-state index contributed by atoms with van der Waals surface area (Å²) in [6, 6.07) is 0. The fraction of sp³-hybridized carbons (Fsp3) is 0.800. The average Bonchev–Trinajstić information content (AvgIpc) is 2.71. The van der Waals surface area contributed by atoms with Crippen LogP contribution in [0.4, 0.5) is 0 Å². The lowest BCUT2D eigenvalue weighted by Crippen LogP contribution is -2.83. The monoisotopic (exact) mass is 402 g/mol. The molecule has 1 aliphatic rings. The van der Waals surface area contributed by atoms with Crippen LogP contribution in [0.5, 0.6) is 0 Å². The summed E-state index contributed by atoms with van der Waals surface area (Å²) in [6.07, 6.45) is 9.84. The second-order valence-electron chi connectivity index (χ2n) is 5.39. The van der Waals surface area contributed by atoms with Crippen LogP contribution in [0, 0.1) is 24.7 Å². The first kappa shape index (κ1) is 26.8. The number of nitrogens with two attached hydrogens (primary N) is 1. The fourth-order valence-corrected chi connectivity index (χ4v) is 1.78. The number of hydrogen-bond acceptors (Lipinski definition) is 7. The lowest BCUT2D eigenvalue weighted by molar-refractivity contribution is -0.632. The van der Waals surface area contributed by atoms with Gasteiger partial charge in [0.05, 0.1) is 92.5 Å². The minimum absolute atomic E-state index is 0.570. The Balaban J connectivity index is 0.000000887. The molecule has 0 aromatic heterocycles. The topological polar surface area (TPSA) is 81.2 Å². The van der Waals surface area contributed by atoms with Gasteiger partial charge in [0.25, 0.3) is 0 Å². The molecular weight excluding hydrogens is 366 g/mol. The number of ether oxygens (including phenoxy) is 7. The summed E-state index contributed by atoms with van der Waals surface area (Å²) >= 11 is 0. The summed E-state index contributed by atoms with van der Waals surface area (Å²) in [5, 5.41) is 1.89. The van der Waals surface area contributed by atoms with Crippen molar-refractivity contribution in [1.82, 2.24) is 0 Å². The number of hydrogen-bond donors (Lipinski definition) is 1. The standard InChI is InChI=1S/C14H28O7.C6H7N/c1-2-16-5-6-18-9-10-20-13-14-21-12-11-19-8-7-17-4-3-15-1;1-3-5-7-6-4-2/h1-14H2;1-2,7H,5-6H2/p+1. The van der Waals surface area contributed by atoms with Crippen molar-refractivity contribution in [3.05, 3.63) is 0 Å². The van der Waals surface area contributed by atoms with Gasteiger partial charge in [0.1, 0.15) is 13.1 Å². The Bertz CT molecular complexity index is 275. The molecule has 2 N–H and O–H groups in total.